The Morgan fingerprint density at radius 2 is 1.60 bits per heavy atom. The van der Waals surface area contributed by atoms with E-state index in [2.05, 4.69) is 45.9 Å². The number of ether oxygens (including phenoxy) is 1. The maximum Gasteiger partial charge on any atom is 0.170 e. The molecule has 1 aliphatic rings. The van der Waals surface area contributed by atoms with E-state index >= 15 is 0 Å². The lowest BCUT2D eigenvalue weighted by Gasteiger charge is -2.27. The van der Waals surface area contributed by atoms with Crippen LogP contribution < -0.4 is 4.74 Å². The second kappa shape index (κ2) is 11.2. The molecule has 164 valence electrons. The van der Waals surface area contributed by atoms with Gasteiger partial charge in [0.2, 0.25) is 0 Å². The number of aromatic hydroxyl groups is 1. The minimum Gasteiger partial charge on any atom is -0.508 e. The monoisotopic (exact) mass is 410 g/mol. The molecule has 0 aliphatic carbocycles. The zero-order chi connectivity index (χ0) is 22.3. The first-order valence-electron chi connectivity index (χ1n) is 11.2. The predicted octanol–water partition coefficient (Wildman–Crippen LogP) is 7.54. The third-order valence-corrected chi connectivity index (χ3v) is 5.92. The zero-order valence-electron chi connectivity index (χ0n) is 19.6. The fourth-order valence-corrected chi connectivity index (χ4v) is 3.77. The summed E-state index contributed by atoms with van der Waals surface area (Å²) in [6.45, 7) is 12.5. The van der Waals surface area contributed by atoms with Crippen LogP contribution in [0.2, 0.25) is 0 Å². The van der Waals surface area contributed by atoms with Gasteiger partial charge in [-0.1, -0.05) is 34.9 Å². The molecule has 2 rings (SSSR count). The highest BCUT2D eigenvalue weighted by molar-refractivity contribution is 6.01. The number of carbonyl (C=O) groups excluding carboxylic acids is 1. The van der Waals surface area contributed by atoms with Crippen molar-refractivity contribution in [3.8, 4) is 11.5 Å². The van der Waals surface area contributed by atoms with Crippen molar-refractivity contribution in [2.45, 2.75) is 92.6 Å². The van der Waals surface area contributed by atoms with Gasteiger partial charge in [0.05, 0.1) is 5.56 Å². The summed E-state index contributed by atoms with van der Waals surface area (Å²) < 4.78 is 6.14. The molecule has 0 saturated heterocycles. The van der Waals surface area contributed by atoms with Crippen LogP contribution in [-0.2, 0) is 0 Å². The summed E-state index contributed by atoms with van der Waals surface area (Å²) in [5.74, 6) is 0.886. The first kappa shape index (κ1) is 24.0. The van der Waals surface area contributed by atoms with Gasteiger partial charge in [-0.2, -0.15) is 0 Å². The van der Waals surface area contributed by atoms with Crippen LogP contribution >= 0.6 is 0 Å². The number of allylic oxidation sites excluding steroid dienone is 6. The van der Waals surface area contributed by atoms with Crippen LogP contribution in [0.15, 0.2) is 41.0 Å². The number of phenols is 1. The summed E-state index contributed by atoms with van der Waals surface area (Å²) in [5.41, 5.74) is 6.40. The summed E-state index contributed by atoms with van der Waals surface area (Å²) in [4.78, 5) is 12.5. The van der Waals surface area contributed by atoms with E-state index in [0.29, 0.717) is 17.7 Å². The van der Waals surface area contributed by atoms with Crippen LogP contribution in [0.25, 0.3) is 0 Å². The van der Waals surface area contributed by atoms with Crippen molar-refractivity contribution in [2.75, 3.05) is 0 Å². The lowest BCUT2D eigenvalue weighted by Crippen LogP contribution is -2.27. The molecule has 1 aromatic rings. The summed E-state index contributed by atoms with van der Waals surface area (Å²) in [6.07, 6.45) is 13.4. The largest absolute Gasteiger partial charge is 0.508 e. The maximum absolute atomic E-state index is 12.5. The minimum atomic E-state index is -0.0890. The molecule has 0 radical (unpaired) electrons. The first-order chi connectivity index (χ1) is 14.2. The summed E-state index contributed by atoms with van der Waals surface area (Å²) in [6, 6.07) is 1.55. The summed E-state index contributed by atoms with van der Waals surface area (Å²) >= 11 is 0. The average molecular weight is 411 g/mol. The molecule has 1 aromatic carbocycles. The topological polar surface area (TPSA) is 46.5 Å². The number of benzene rings is 1. The fourth-order valence-electron chi connectivity index (χ4n) is 3.77. The lowest BCUT2D eigenvalue weighted by atomic mass is 9.93. The molecule has 3 nitrogen and oxygen atoms in total. The van der Waals surface area contributed by atoms with Crippen molar-refractivity contribution in [3.63, 3.8) is 0 Å². The molecular weight excluding hydrogens is 372 g/mol. The zero-order valence-corrected chi connectivity index (χ0v) is 19.6. The van der Waals surface area contributed by atoms with Crippen molar-refractivity contribution in [2.24, 2.45) is 0 Å². The SMILES string of the molecule is CC(C)=CCCC(C)=CCCC(C)=CCCC1CC(=O)c2cc(O)c(C)c(C)c2O1. The number of phenolic OH excluding ortho intramolecular Hbond substituents is 1. The highest BCUT2D eigenvalue weighted by atomic mass is 16.5. The molecule has 1 atom stereocenters. The van der Waals surface area contributed by atoms with Crippen LogP contribution in [0, 0.1) is 13.8 Å². The Morgan fingerprint density at radius 1 is 1.00 bits per heavy atom. The molecule has 0 bridgehead atoms. The highest BCUT2D eigenvalue weighted by Gasteiger charge is 2.29. The molecule has 1 unspecified atom stereocenters. The number of Topliss-reactive ketones (excluding diaryl/α,β-unsaturated/α-hetero) is 1. The third kappa shape index (κ3) is 6.90. The van der Waals surface area contributed by atoms with Crippen LogP contribution in [0.4, 0.5) is 0 Å². The van der Waals surface area contributed by atoms with E-state index < -0.39 is 0 Å². The molecular formula is C27H38O3. The van der Waals surface area contributed by atoms with Crippen LogP contribution in [0.1, 0.15) is 94.1 Å². The van der Waals surface area contributed by atoms with E-state index in [0.717, 1.165) is 49.7 Å². The van der Waals surface area contributed by atoms with Crippen molar-refractivity contribution in [1.29, 1.82) is 0 Å². The van der Waals surface area contributed by atoms with E-state index in [9.17, 15) is 9.90 Å². The van der Waals surface area contributed by atoms with Gasteiger partial charge in [0.15, 0.2) is 5.78 Å². The Balaban J connectivity index is 1.82. The molecule has 30 heavy (non-hydrogen) atoms. The molecule has 0 aromatic heterocycles. The quantitative estimate of drug-likeness (QED) is 0.428. The van der Waals surface area contributed by atoms with Crippen LogP contribution in [0.3, 0.4) is 0 Å². The fraction of sp³-hybridized carbons (Fsp3) is 0.519. The molecule has 3 heteroatoms. The van der Waals surface area contributed by atoms with Gasteiger partial charge >= 0.3 is 0 Å². The average Bonchev–Trinajstić information content (AvgIpc) is 2.67. The molecule has 0 fully saturated rings. The van der Waals surface area contributed by atoms with E-state index in [4.69, 9.17) is 4.74 Å². The minimum absolute atomic E-state index is 0.0640. The summed E-state index contributed by atoms with van der Waals surface area (Å²) in [5, 5.41) is 9.99. The van der Waals surface area contributed by atoms with Gasteiger partial charge in [-0.15, -0.1) is 0 Å². The van der Waals surface area contributed by atoms with Crippen molar-refractivity contribution < 1.29 is 14.6 Å². The molecule has 1 aliphatic heterocycles. The van der Waals surface area contributed by atoms with Gasteiger partial charge in [0, 0.05) is 6.42 Å². The third-order valence-electron chi connectivity index (χ3n) is 5.92. The second-order valence-corrected chi connectivity index (χ2v) is 8.93. The predicted molar refractivity (Wildman–Crippen MR) is 126 cm³/mol. The Labute approximate surface area is 182 Å². The number of carbonyl (C=O) groups is 1. The van der Waals surface area contributed by atoms with E-state index in [1.165, 1.54) is 16.7 Å². The molecule has 1 heterocycles. The van der Waals surface area contributed by atoms with Crippen molar-refractivity contribution in [3.05, 3.63) is 57.7 Å². The normalized spacial score (nSPS) is 16.9. The van der Waals surface area contributed by atoms with Gasteiger partial charge in [0.1, 0.15) is 17.6 Å². The highest BCUT2D eigenvalue weighted by Crippen LogP contribution is 2.38. The Kier molecular flexibility index (Phi) is 8.95. The molecule has 1 N–H and O–H groups in total. The number of fused-ring (bicyclic) bond motifs is 1. The number of rotatable bonds is 9. The second-order valence-electron chi connectivity index (χ2n) is 8.93. The van der Waals surface area contributed by atoms with E-state index in [-0.39, 0.29) is 17.6 Å². The van der Waals surface area contributed by atoms with Gasteiger partial charge < -0.3 is 9.84 Å². The smallest absolute Gasteiger partial charge is 0.170 e. The number of hydrogen-bond donors (Lipinski definition) is 1. The van der Waals surface area contributed by atoms with E-state index in [1.807, 2.05) is 13.8 Å². The van der Waals surface area contributed by atoms with Gasteiger partial charge in [-0.05, 0) is 97.3 Å². The van der Waals surface area contributed by atoms with Gasteiger partial charge in [-0.3, -0.25) is 4.79 Å². The standard InChI is InChI=1S/C27H38O3/c1-18(2)10-7-11-19(3)12-8-13-20(4)14-9-15-23-16-26(29)24-17-25(28)21(5)22(6)27(24)30-23/h10,12,14,17,23,28H,7-9,11,13,15-16H2,1-6H3. The van der Waals surface area contributed by atoms with Gasteiger partial charge in [0.25, 0.3) is 0 Å². The first-order valence-corrected chi connectivity index (χ1v) is 11.2. The Bertz CT molecular complexity index is 851. The van der Waals surface area contributed by atoms with E-state index in [1.54, 1.807) is 6.07 Å². The molecule has 0 spiro atoms. The maximum atomic E-state index is 12.5. The van der Waals surface area contributed by atoms with Crippen molar-refractivity contribution in [1.82, 2.24) is 0 Å². The Hall–Kier alpha value is -2.29. The number of hydrogen-bond acceptors (Lipinski definition) is 3. The summed E-state index contributed by atoms with van der Waals surface area (Å²) in [7, 11) is 0. The Morgan fingerprint density at radius 3 is 2.23 bits per heavy atom. The van der Waals surface area contributed by atoms with Gasteiger partial charge in [-0.25, -0.2) is 0 Å². The number of ketones is 1. The van der Waals surface area contributed by atoms with Crippen LogP contribution in [0.5, 0.6) is 11.5 Å². The van der Waals surface area contributed by atoms with Crippen LogP contribution in [-0.4, -0.2) is 17.0 Å². The van der Waals surface area contributed by atoms with Crippen molar-refractivity contribution >= 4 is 5.78 Å². The molecule has 0 amide bonds. The molecule has 0 saturated carbocycles. The lowest BCUT2D eigenvalue weighted by molar-refractivity contribution is 0.0837.